The third-order valence-corrected chi connectivity index (χ3v) is 7.35. The van der Waals surface area contributed by atoms with Gasteiger partial charge in [-0.25, -0.2) is 4.79 Å². The highest BCUT2D eigenvalue weighted by Gasteiger charge is 2.34. The molecule has 9 heteroatoms. The quantitative estimate of drug-likeness (QED) is 0.387. The highest BCUT2D eigenvalue weighted by Crippen LogP contribution is 2.21. The fourth-order valence-corrected chi connectivity index (χ4v) is 5.02. The van der Waals surface area contributed by atoms with E-state index >= 15 is 0 Å². The molecule has 0 radical (unpaired) electrons. The Bertz CT molecular complexity index is 1190. The van der Waals surface area contributed by atoms with Crippen molar-refractivity contribution in [2.45, 2.75) is 84.5 Å². The van der Waals surface area contributed by atoms with Crippen LogP contribution in [-0.2, 0) is 25.5 Å². The minimum Gasteiger partial charge on any atom is -0.444 e. The maximum Gasteiger partial charge on any atom is 0.408 e. The number of alkyl carbamates (subject to hydrolysis) is 1. The molecule has 228 valence electrons. The first-order valence-electron chi connectivity index (χ1n) is 14.8. The predicted molar refractivity (Wildman–Crippen MR) is 162 cm³/mol. The summed E-state index contributed by atoms with van der Waals surface area (Å²) in [5, 5.41) is 8.74. The molecule has 2 aromatic carbocycles. The first-order valence-corrected chi connectivity index (χ1v) is 14.8. The molecule has 0 aliphatic carbocycles. The molecule has 1 fully saturated rings. The number of hydrogen-bond acceptors (Lipinski definition) is 5. The van der Waals surface area contributed by atoms with Gasteiger partial charge in [0.2, 0.25) is 17.7 Å². The Morgan fingerprint density at radius 3 is 1.98 bits per heavy atom. The fourth-order valence-electron chi connectivity index (χ4n) is 5.02. The molecule has 1 aliphatic heterocycles. The van der Waals surface area contributed by atoms with Crippen molar-refractivity contribution in [3.8, 4) is 0 Å². The molecule has 2 aromatic rings. The molecule has 3 N–H and O–H groups in total. The predicted octanol–water partition coefficient (Wildman–Crippen LogP) is 4.38. The van der Waals surface area contributed by atoms with Crippen molar-refractivity contribution in [1.29, 1.82) is 0 Å². The number of hydrogen-bond donors (Lipinski definition) is 3. The number of benzene rings is 2. The van der Waals surface area contributed by atoms with E-state index < -0.39 is 23.8 Å². The van der Waals surface area contributed by atoms with Gasteiger partial charge in [-0.2, -0.15) is 0 Å². The van der Waals surface area contributed by atoms with Crippen molar-refractivity contribution in [2.75, 3.05) is 13.1 Å². The van der Waals surface area contributed by atoms with Crippen LogP contribution >= 0.6 is 0 Å². The molecule has 4 amide bonds. The first-order chi connectivity index (χ1) is 19.8. The van der Waals surface area contributed by atoms with Gasteiger partial charge in [0.05, 0.1) is 6.04 Å². The number of nitrogens with one attached hydrogen (secondary N) is 3. The second kappa shape index (κ2) is 14.8. The summed E-state index contributed by atoms with van der Waals surface area (Å²) in [5.41, 5.74) is 1.21. The van der Waals surface area contributed by atoms with E-state index in [4.69, 9.17) is 4.74 Å². The molecular formula is C33H46N4O5. The van der Waals surface area contributed by atoms with Crippen molar-refractivity contribution in [3.63, 3.8) is 0 Å². The lowest BCUT2D eigenvalue weighted by Crippen LogP contribution is -2.55. The number of likely N-dealkylation sites (tertiary alicyclic amines) is 1. The maximum absolute atomic E-state index is 13.6. The summed E-state index contributed by atoms with van der Waals surface area (Å²) in [6.07, 6.45) is 0.612. The second-order valence-electron chi connectivity index (χ2n) is 12.4. The zero-order chi connectivity index (χ0) is 30.9. The van der Waals surface area contributed by atoms with Crippen LogP contribution in [0.1, 0.15) is 71.6 Å². The van der Waals surface area contributed by atoms with Gasteiger partial charge >= 0.3 is 6.09 Å². The molecule has 0 saturated carbocycles. The lowest BCUT2D eigenvalue weighted by atomic mass is 9.93. The summed E-state index contributed by atoms with van der Waals surface area (Å²) in [6, 6.07) is 17.5. The van der Waals surface area contributed by atoms with E-state index in [1.165, 1.54) is 0 Å². The Morgan fingerprint density at radius 1 is 0.857 bits per heavy atom. The van der Waals surface area contributed by atoms with Crippen molar-refractivity contribution < 1.29 is 23.9 Å². The maximum atomic E-state index is 13.6. The normalized spacial score (nSPS) is 16.2. The van der Waals surface area contributed by atoms with E-state index in [2.05, 4.69) is 16.0 Å². The third kappa shape index (κ3) is 9.89. The summed E-state index contributed by atoms with van der Waals surface area (Å²) < 4.78 is 5.41. The van der Waals surface area contributed by atoms with Crippen LogP contribution in [0.25, 0.3) is 0 Å². The topological polar surface area (TPSA) is 117 Å². The average Bonchev–Trinajstić information content (AvgIpc) is 2.95. The highest BCUT2D eigenvalue weighted by molar-refractivity contribution is 5.89. The number of nitrogens with zero attached hydrogens (tertiary/aromatic N) is 1. The van der Waals surface area contributed by atoms with Gasteiger partial charge in [0.15, 0.2) is 0 Å². The minimum atomic E-state index is -0.798. The molecule has 1 unspecified atom stereocenters. The molecule has 0 spiro atoms. The fraction of sp³-hybridized carbons (Fsp3) is 0.515. The molecule has 3 rings (SSSR count). The van der Waals surface area contributed by atoms with Crippen molar-refractivity contribution in [2.24, 2.45) is 11.8 Å². The van der Waals surface area contributed by atoms with Crippen LogP contribution < -0.4 is 16.0 Å². The van der Waals surface area contributed by atoms with E-state index in [-0.39, 0.29) is 35.6 Å². The van der Waals surface area contributed by atoms with Crippen molar-refractivity contribution >= 4 is 23.8 Å². The second-order valence-corrected chi connectivity index (χ2v) is 12.4. The SMILES string of the molecule is CC(NC(=O)[C@@H](NC(=O)C1CCN(C(=O)[C@H](Cc2ccccc2)NC(=O)OC(C)(C)C)CC1)C(C)C)c1ccccc1. The monoisotopic (exact) mass is 578 g/mol. The van der Waals surface area contributed by atoms with E-state index in [9.17, 15) is 19.2 Å². The molecular weight excluding hydrogens is 532 g/mol. The van der Waals surface area contributed by atoms with Crippen LogP contribution in [0.2, 0.25) is 0 Å². The number of carbonyl (C=O) groups excluding carboxylic acids is 4. The Morgan fingerprint density at radius 2 is 1.43 bits per heavy atom. The summed E-state index contributed by atoms with van der Waals surface area (Å²) >= 11 is 0. The van der Waals surface area contributed by atoms with Gasteiger partial charge < -0.3 is 25.6 Å². The zero-order valence-electron chi connectivity index (χ0n) is 25.7. The van der Waals surface area contributed by atoms with E-state index in [1.54, 1.807) is 25.7 Å². The van der Waals surface area contributed by atoms with Crippen LogP contribution in [0, 0.1) is 11.8 Å². The van der Waals surface area contributed by atoms with Gasteiger partial charge in [-0.15, -0.1) is 0 Å². The first kappa shape index (κ1) is 32.6. The molecule has 42 heavy (non-hydrogen) atoms. The summed E-state index contributed by atoms with van der Waals surface area (Å²) in [7, 11) is 0. The van der Waals surface area contributed by atoms with Gasteiger partial charge in [-0.3, -0.25) is 14.4 Å². The van der Waals surface area contributed by atoms with Gasteiger partial charge in [0, 0.05) is 25.4 Å². The Balaban J connectivity index is 1.59. The summed E-state index contributed by atoms with van der Waals surface area (Å²) in [4.78, 5) is 54.2. The largest absolute Gasteiger partial charge is 0.444 e. The van der Waals surface area contributed by atoms with E-state index in [0.29, 0.717) is 32.4 Å². The van der Waals surface area contributed by atoms with Gasteiger partial charge in [0.25, 0.3) is 0 Å². The summed E-state index contributed by atoms with van der Waals surface area (Å²) in [5.74, 6) is -1.04. The number of ether oxygens (including phenoxy) is 1. The molecule has 0 bridgehead atoms. The molecule has 1 aliphatic rings. The zero-order valence-corrected chi connectivity index (χ0v) is 25.7. The van der Waals surface area contributed by atoms with Crippen LogP contribution in [0.4, 0.5) is 4.79 Å². The molecule has 0 aromatic heterocycles. The van der Waals surface area contributed by atoms with Crippen LogP contribution in [-0.4, -0.2) is 59.5 Å². The number of piperidine rings is 1. The molecule has 9 nitrogen and oxygen atoms in total. The average molecular weight is 579 g/mol. The molecule has 1 heterocycles. The number of carbonyl (C=O) groups is 4. The van der Waals surface area contributed by atoms with Crippen LogP contribution in [0.15, 0.2) is 60.7 Å². The van der Waals surface area contributed by atoms with Crippen LogP contribution in [0.3, 0.4) is 0 Å². The Kier molecular flexibility index (Phi) is 11.5. The lowest BCUT2D eigenvalue weighted by molar-refractivity contribution is -0.138. The van der Waals surface area contributed by atoms with Crippen molar-refractivity contribution in [3.05, 3.63) is 71.8 Å². The van der Waals surface area contributed by atoms with Crippen LogP contribution in [0.5, 0.6) is 0 Å². The van der Waals surface area contributed by atoms with Gasteiger partial charge in [-0.1, -0.05) is 74.5 Å². The molecule has 3 atom stereocenters. The van der Waals surface area contributed by atoms with E-state index in [0.717, 1.165) is 11.1 Å². The minimum absolute atomic E-state index is 0.101. The number of amides is 4. The summed E-state index contributed by atoms with van der Waals surface area (Å²) in [6.45, 7) is 11.8. The molecule has 1 saturated heterocycles. The Hall–Kier alpha value is -3.88. The van der Waals surface area contributed by atoms with Crippen molar-refractivity contribution in [1.82, 2.24) is 20.9 Å². The standard InChI is InChI=1S/C33H46N4O5/c1-22(2)28(30(39)34-23(3)25-15-11-8-12-16-25)36-29(38)26-17-19-37(20-18-26)31(40)27(21-24-13-9-7-10-14-24)35-32(41)42-33(4,5)6/h7-16,22-23,26-28H,17-21H2,1-6H3,(H,34,39)(H,35,41)(H,36,38)/t23?,27-,28-/m0/s1. The third-order valence-electron chi connectivity index (χ3n) is 7.35. The lowest BCUT2D eigenvalue weighted by Gasteiger charge is -2.35. The van der Waals surface area contributed by atoms with Gasteiger partial charge in [0.1, 0.15) is 17.7 Å². The number of rotatable bonds is 10. The van der Waals surface area contributed by atoms with Gasteiger partial charge in [-0.05, 0) is 57.6 Å². The Labute approximate surface area is 249 Å². The smallest absolute Gasteiger partial charge is 0.408 e. The highest BCUT2D eigenvalue weighted by atomic mass is 16.6. The van der Waals surface area contributed by atoms with E-state index in [1.807, 2.05) is 81.4 Å².